The second-order valence-corrected chi connectivity index (χ2v) is 7.60. The molecule has 0 saturated carbocycles. The van der Waals surface area contributed by atoms with Crippen molar-refractivity contribution < 1.29 is 5.11 Å². The van der Waals surface area contributed by atoms with Crippen molar-refractivity contribution in [3.63, 3.8) is 0 Å². The van der Waals surface area contributed by atoms with Crippen LogP contribution in [0.3, 0.4) is 0 Å². The molecule has 0 radical (unpaired) electrons. The molecule has 0 aliphatic carbocycles. The molecule has 0 spiro atoms. The summed E-state index contributed by atoms with van der Waals surface area (Å²) >= 11 is 0. The largest absolute Gasteiger partial charge is 0.392 e. The van der Waals surface area contributed by atoms with E-state index in [1.54, 1.807) is 0 Å². The van der Waals surface area contributed by atoms with Crippen LogP contribution in [0.25, 0.3) is 0 Å². The van der Waals surface area contributed by atoms with E-state index in [0.29, 0.717) is 11.3 Å². The Labute approximate surface area is 101 Å². The first-order valence-corrected chi connectivity index (χ1v) is 6.51. The van der Waals surface area contributed by atoms with E-state index in [1.165, 1.54) is 6.42 Å². The molecule has 1 rings (SSSR count). The van der Waals surface area contributed by atoms with Crippen molar-refractivity contribution in [1.29, 1.82) is 0 Å². The zero-order valence-corrected chi connectivity index (χ0v) is 11.9. The molecule has 0 aromatic rings. The lowest BCUT2D eigenvalue weighted by Crippen LogP contribution is -2.52. The zero-order chi connectivity index (χ0) is 12.6. The van der Waals surface area contributed by atoms with E-state index in [9.17, 15) is 5.11 Å². The Bertz CT molecular complexity index is 224. The standard InChI is InChI=1S/C14H29NO/c1-13(2,3)8-11-7-12(16)10-15(9-11)14(4,5)6/h11-12,16H,7-10H2,1-6H3/t11-,12-/m1/s1. The van der Waals surface area contributed by atoms with Gasteiger partial charge in [-0.05, 0) is 44.9 Å². The molecule has 1 heterocycles. The molecule has 0 unspecified atom stereocenters. The Morgan fingerprint density at radius 2 is 1.62 bits per heavy atom. The van der Waals surface area contributed by atoms with Gasteiger partial charge in [0.05, 0.1) is 6.10 Å². The van der Waals surface area contributed by atoms with Crippen molar-refractivity contribution in [1.82, 2.24) is 4.90 Å². The molecule has 0 amide bonds. The van der Waals surface area contributed by atoms with Crippen molar-refractivity contribution in [2.24, 2.45) is 11.3 Å². The number of nitrogens with zero attached hydrogens (tertiary/aromatic N) is 1. The van der Waals surface area contributed by atoms with Crippen LogP contribution in [0.15, 0.2) is 0 Å². The van der Waals surface area contributed by atoms with E-state index in [4.69, 9.17) is 0 Å². The maximum atomic E-state index is 9.97. The normalized spacial score (nSPS) is 29.4. The predicted molar refractivity (Wildman–Crippen MR) is 69.5 cm³/mol. The van der Waals surface area contributed by atoms with Gasteiger partial charge in [-0.1, -0.05) is 20.8 Å². The van der Waals surface area contributed by atoms with Gasteiger partial charge >= 0.3 is 0 Å². The maximum Gasteiger partial charge on any atom is 0.0670 e. The van der Waals surface area contributed by atoms with E-state index in [-0.39, 0.29) is 11.6 Å². The van der Waals surface area contributed by atoms with Crippen LogP contribution in [-0.4, -0.2) is 34.7 Å². The van der Waals surface area contributed by atoms with Gasteiger partial charge in [-0.3, -0.25) is 4.90 Å². The lowest BCUT2D eigenvalue weighted by Gasteiger charge is -2.44. The third-order valence-electron chi connectivity index (χ3n) is 3.36. The van der Waals surface area contributed by atoms with Gasteiger partial charge in [-0.15, -0.1) is 0 Å². The lowest BCUT2D eigenvalue weighted by molar-refractivity contribution is -0.0133. The van der Waals surface area contributed by atoms with Gasteiger partial charge in [0.25, 0.3) is 0 Å². The highest BCUT2D eigenvalue weighted by atomic mass is 16.3. The highest BCUT2D eigenvalue weighted by Gasteiger charge is 2.33. The summed E-state index contributed by atoms with van der Waals surface area (Å²) in [5.74, 6) is 0.642. The predicted octanol–water partition coefficient (Wildman–Crippen LogP) is 2.90. The van der Waals surface area contributed by atoms with Crippen molar-refractivity contribution in [2.75, 3.05) is 13.1 Å². The first-order chi connectivity index (χ1) is 7.08. The molecule has 96 valence electrons. The van der Waals surface area contributed by atoms with Crippen LogP contribution < -0.4 is 0 Å². The smallest absolute Gasteiger partial charge is 0.0670 e. The Morgan fingerprint density at radius 3 is 2.06 bits per heavy atom. The Hall–Kier alpha value is -0.0800. The Morgan fingerprint density at radius 1 is 1.06 bits per heavy atom. The summed E-state index contributed by atoms with van der Waals surface area (Å²) in [6.07, 6.45) is 2.04. The summed E-state index contributed by atoms with van der Waals surface area (Å²) in [6, 6.07) is 0. The van der Waals surface area contributed by atoms with Gasteiger partial charge in [0.15, 0.2) is 0 Å². The molecule has 1 saturated heterocycles. The third kappa shape index (κ3) is 4.42. The van der Waals surface area contributed by atoms with E-state index in [2.05, 4.69) is 46.4 Å². The number of rotatable bonds is 1. The summed E-state index contributed by atoms with van der Waals surface area (Å²) in [5.41, 5.74) is 0.544. The molecule has 0 aromatic heterocycles. The van der Waals surface area contributed by atoms with E-state index in [0.717, 1.165) is 19.5 Å². The van der Waals surface area contributed by atoms with Crippen LogP contribution in [0.1, 0.15) is 54.4 Å². The Kier molecular flexibility index (Phi) is 4.07. The number of likely N-dealkylation sites (tertiary alicyclic amines) is 1. The molecule has 0 bridgehead atoms. The minimum atomic E-state index is -0.139. The van der Waals surface area contributed by atoms with Crippen molar-refractivity contribution in [3.8, 4) is 0 Å². The number of β-amino-alcohol motifs (C(OH)–C–C–N with tert-alkyl or cyclic N) is 1. The van der Waals surface area contributed by atoms with Gasteiger partial charge in [0.2, 0.25) is 0 Å². The quantitative estimate of drug-likeness (QED) is 0.744. The number of hydrogen-bond acceptors (Lipinski definition) is 2. The van der Waals surface area contributed by atoms with Crippen molar-refractivity contribution >= 4 is 0 Å². The van der Waals surface area contributed by atoms with Crippen LogP contribution in [0.2, 0.25) is 0 Å². The Balaban J connectivity index is 2.61. The van der Waals surface area contributed by atoms with Crippen LogP contribution in [0, 0.1) is 11.3 Å². The number of aliphatic hydroxyl groups is 1. The van der Waals surface area contributed by atoms with Gasteiger partial charge < -0.3 is 5.11 Å². The summed E-state index contributed by atoms with van der Waals surface area (Å²) in [6.45, 7) is 15.5. The number of hydrogen-bond donors (Lipinski definition) is 1. The van der Waals surface area contributed by atoms with Crippen LogP contribution in [0.5, 0.6) is 0 Å². The molecule has 2 nitrogen and oxygen atoms in total. The molecule has 0 aromatic carbocycles. The van der Waals surface area contributed by atoms with Crippen LogP contribution in [0.4, 0.5) is 0 Å². The number of piperidine rings is 1. The highest BCUT2D eigenvalue weighted by molar-refractivity contribution is 4.87. The maximum absolute atomic E-state index is 9.97. The fourth-order valence-corrected chi connectivity index (χ4v) is 2.74. The summed E-state index contributed by atoms with van der Waals surface area (Å²) in [5, 5.41) is 9.97. The molecule has 1 aliphatic rings. The topological polar surface area (TPSA) is 23.5 Å². The second-order valence-electron chi connectivity index (χ2n) is 7.60. The van der Waals surface area contributed by atoms with Gasteiger partial charge in [0.1, 0.15) is 0 Å². The van der Waals surface area contributed by atoms with E-state index >= 15 is 0 Å². The van der Waals surface area contributed by atoms with E-state index in [1.807, 2.05) is 0 Å². The highest BCUT2D eigenvalue weighted by Crippen LogP contribution is 2.32. The molecular weight excluding hydrogens is 198 g/mol. The fourth-order valence-electron chi connectivity index (χ4n) is 2.74. The average molecular weight is 227 g/mol. The number of aliphatic hydroxyl groups excluding tert-OH is 1. The summed E-state index contributed by atoms with van der Waals surface area (Å²) < 4.78 is 0. The average Bonchev–Trinajstić information content (AvgIpc) is 1.97. The SMILES string of the molecule is CC(C)(C)C[C@H]1C[C@@H](O)CN(C(C)(C)C)C1. The van der Waals surface area contributed by atoms with Crippen LogP contribution in [-0.2, 0) is 0 Å². The molecule has 1 N–H and O–H groups in total. The van der Waals surface area contributed by atoms with E-state index < -0.39 is 0 Å². The first-order valence-electron chi connectivity index (χ1n) is 6.51. The second kappa shape index (κ2) is 4.66. The fraction of sp³-hybridized carbons (Fsp3) is 1.00. The summed E-state index contributed by atoms with van der Waals surface area (Å²) in [7, 11) is 0. The van der Waals surface area contributed by atoms with Crippen molar-refractivity contribution in [3.05, 3.63) is 0 Å². The third-order valence-corrected chi connectivity index (χ3v) is 3.36. The molecular formula is C14H29NO. The van der Waals surface area contributed by atoms with Gasteiger partial charge in [-0.2, -0.15) is 0 Å². The lowest BCUT2D eigenvalue weighted by atomic mass is 9.79. The molecule has 2 heteroatoms. The van der Waals surface area contributed by atoms with Gasteiger partial charge in [-0.25, -0.2) is 0 Å². The van der Waals surface area contributed by atoms with Gasteiger partial charge in [0, 0.05) is 18.6 Å². The summed E-state index contributed by atoms with van der Waals surface area (Å²) in [4.78, 5) is 2.43. The molecule has 16 heavy (non-hydrogen) atoms. The van der Waals surface area contributed by atoms with Crippen LogP contribution >= 0.6 is 0 Å². The molecule has 1 fully saturated rings. The first kappa shape index (κ1) is 14.0. The monoisotopic (exact) mass is 227 g/mol. The minimum Gasteiger partial charge on any atom is -0.392 e. The molecule has 2 atom stereocenters. The van der Waals surface area contributed by atoms with Crippen molar-refractivity contribution in [2.45, 2.75) is 66.0 Å². The minimum absolute atomic E-state index is 0.139. The zero-order valence-electron chi connectivity index (χ0n) is 11.9. The molecule has 1 aliphatic heterocycles.